The molecule has 0 N–H and O–H groups in total. The number of allylic oxidation sites excluding steroid dienone is 1. The van der Waals surface area contributed by atoms with E-state index in [1.54, 1.807) is 12.1 Å². The van der Waals surface area contributed by atoms with E-state index in [-0.39, 0.29) is 12.2 Å². The molecule has 0 radical (unpaired) electrons. The molecule has 0 fully saturated rings. The summed E-state index contributed by atoms with van der Waals surface area (Å²) in [5, 5.41) is 8.36. The maximum atomic E-state index is 11.3. The summed E-state index contributed by atoms with van der Waals surface area (Å²) in [6.45, 7) is 5.71. The molecule has 0 saturated heterocycles. The van der Waals surface area contributed by atoms with Gasteiger partial charge in [0.05, 0.1) is 12.5 Å². The lowest BCUT2D eigenvalue weighted by Gasteiger charge is -2.00. The third-order valence-electron chi connectivity index (χ3n) is 1.94. The minimum Gasteiger partial charge on any atom is -0.293 e. The molecule has 0 atom stereocenters. The van der Waals surface area contributed by atoms with Gasteiger partial charge < -0.3 is 0 Å². The van der Waals surface area contributed by atoms with Crippen molar-refractivity contribution >= 4 is 11.4 Å². The SMILES string of the molecule is C=C(C)c1ccc(C(=O)CC#N)cc1. The molecule has 0 aromatic heterocycles. The van der Waals surface area contributed by atoms with Crippen LogP contribution in [0.15, 0.2) is 30.8 Å². The quantitative estimate of drug-likeness (QED) is 0.679. The van der Waals surface area contributed by atoms with Crippen molar-refractivity contribution in [2.24, 2.45) is 0 Å². The van der Waals surface area contributed by atoms with Crippen LogP contribution in [0.1, 0.15) is 29.3 Å². The normalized spacial score (nSPS) is 9.14. The largest absolute Gasteiger partial charge is 0.293 e. The number of carbonyl (C=O) groups is 1. The minimum atomic E-state index is -0.138. The summed E-state index contributed by atoms with van der Waals surface area (Å²) in [7, 11) is 0. The van der Waals surface area contributed by atoms with E-state index in [0.29, 0.717) is 5.56 Å². The van der Waals surface area contributed by atoms with Gasteiger partial charge in [-0.3, -0.25) is 4.79 Å². The number of Topliss-reactive ketones (excluding diaryl/α,β-unsaturated/α-hetero) is 1. The number of carbonyl (C=O) groups excluding carboxylic acids is 1. The Hall–Kier alpha value is -1.88. The predicted molar refractivity (Wildman–Crippen MR) is 55.7 cm³/mol. The Kier molecular flexibility index (Phi) is 3.19. The van der Waals surface area contributed by atoms with Gasteiger partial charge >= 0.3 is 0 Å². The van der Waals surface area contributed by atoms with E-state index in [0.717, 1.165) is 11.1 Å². The topological polar surface area (TPSA) is 40.9 Å². The van der Waals surface area contributed by atoms with E-state index in [4.69, 9.17) is 5.26 Å². The Morgan fingerprint density at radius 1 is 1.36 bits per heavy atom. The second-order valence-electron chi connectivity index (χ2n) is 3.12. The van der Waals surface area contributed by atoms with Crippen LogP contribution in [0.3, 0.4) is 0 Å². The molecule has 1 rings (SSSR count). The highest BCUT2D eigenvalue weighted by molar-refractivity contribution is 5.97. The van der Waals surface area contributed by atoms with Gasteiger partial charge in [0.25, 0.3) is 0 Å². The van der Waals surface area contributed by atoms with Gasteiger partial charge in [0.1, 0.15) is 0 Å². The van der Waals surface area contributed by atoms with E-state index < -0.39 is 0 Å². The molecule has 2 heteroatoms. The van der Waals surface area contributed by atoms with Gasteiger partial charge in [0, 0.05) is 5.56 Å². The predicted octanol–water partition coefficient (Wildman–Crippen LogP) is 2.82. The van der Waals surface area contributed by atoms with Gasteiger partial charge in [0.2, 0.25) is 0 Å². The summed E-state index contributed by atoms with van der Waals surface area (Å²) in [6, 6.07) is 8.97. The molecule has 1 aromatic rings. The molecule has 2 nitrogen and oxygen atoms in total. The summed E-state index contributed by atoms with van der Waals surface area (Å²) >= 11 is 0. The number of nitriles is 1. The Labute approximate surface area is 83.5 Å². The number of nitrogens with zero attached hydrogens (tertiary/aromatic N) is 1. The monoisotopic (exact) mass is 185 g/mol. The Bertz CT molecular complexity index is 395. The molecule has 0 aliphatic heterocycles. The third-order valence-corrected chi connectivity index (χ3v) is 1.94. The maximum absolute atomic E-state index is 11.3. The first kappa shape index (κ1) is 10.2. The number of benzene rings is 1. The van der Waals surface area contributed by atoms with Gasteiger partial charge in [-0.2, -0.15) is 5.26 Å². The zero-order valence-corrected chi connectivity index (χ0v) is 8.08. The van der Waals surface area contributed by atoms with Crippen molar-refractivity contribution in [1.29, 1.82) is 5.26 Å². The molecule has 0 aliphatic rings. The smallest absolute Gasteiger partial charge is 0.176 e. The second-order valence-corrected chi connectivity index (χ2v) is 3.12. The lowest BCUT2D eigenvalue weighted by Crippen LogP contribution is -1.96. The van der Waals surface area contributed by atoms with Crippen molar-refractivity contribution in [3.05, 3.63) is 42.0 Å². The van der Waals surface area contributed by atoms with Crippen molar-refractivity contribution in [3.8, 4) is 6.07 Å². The summed E-state index contributed by atoms with van der Waals surface area (Å²) < 4.78 is 0. The molecular formula is C12H11NO. The van der Waals surface area contributed by atoms with Crippen molar-refractivity contribution in [2.45, 2.75) is 13.3 Å². The second kappa shape index (κ2) is 4.38. The average molecular weight is 185 g/mol. The molecule has 1 aromatic carbocycles. The van der Waals surface area contributed by atoms with Crippen LogP contribution >= 0.6 is 0 Å². The Balaban J connectivity index is 2.89. The van der Waals surface area contributed by atoms with Crippen molar-refractivity contribution < 1.29 is 4.79 Å². The standard InChI is InChI=1S/C12H11NO/c1-9(2)10-3-5-11(6-4-10)12(14)7-8-13/h3-6H,1,7H2,2H3. The zero-order valence-electron chi connectivity index (χ0n) is 8.08. The third kappa shape index (κ3) is 2.30. The first-order valence-electron chi connectivity index (χ1n) is 4.31. The summed E-state index contributed by atoms with van der Waals surface area (Å²) in [4.78, 5) is 11.3. The summed E-state index contributed by atoms with van der Waals surface area (Å²) in [5.41, 5.74) is 2.55. The van der Waals surface area contributed by atoms with Crippen LogP contribution in [-0.4, -0.2) is 5.78 Å². The molecule has 0 heterocycles. The van der Waals surface area contributed by atoms with Gasteiger partial charge in [-0.25, -0.2) is 0 Å². The van der Waals surface area contributed by atoms with E-state index >= 15 is 0 Å². The lowest BCUT2D eigenvalue weighted by atomic mass is 10.0. The van der Waals surface area contributed by atoms with Crippen LogP contribution in [0.25, 0.3) is 5.57 Å². The molecule has 0 bridgehead atoms. The van der Waals surface area contributed by atoms with Crippen LogP contribution in [0.2, 0.25) is 0 Å². The van der Waals surface area contributed by atoms with Crippen LogP contribution < -0.4 is 0 Å². The van der Waals surface area contributed by atoms with Crippen molar-refractivity contribution in [1.82, 2.24) is 0 Å². The Morgan fingerprint density at radius 2 is 1.86 bits per heavy atom. The first-order chi connectivity index (χ1) is 6.65. The van der Waals surface area contributed by atoms with Crippen LogP contribution in [0, 0.1) is 11.3 Å². The van der Waals surface area contributed by atoms with Gasteiger partial charge in [-0.1, -0.05) is 36.4 Å². The molecule has 0 aliphatic carbocycles. The molecule has 0 spiro atoms. The average Bonchev–Trinajstić information content (AvgIpc) is 2.18. The van der Waals surface area contributed by atoms with E-state index in [2.05, 4.69) is 6.58 Å². The number of hydrogen-bond donors (Lipinski definition) is 0. The highest BCUT2D eigenvalue weighted by Crippen LogP contribution is 2.13. The van der Waals surface area contributed by atoms with Crippen LogP contribution in [0.5, 0.6) is 0 Å². The van der Waals surface area contributed by atoms with Gasteiger partial charge in [-0.05, 0) is 12.5 Å². The van der Waals surface area contributed by atoms with Crippen molar-refractivity contribution in [2.75, 3.05) is 0 Å². The fraction of sp³-hybridized carbons (Fsp3) is 0.167. The zero-order chi connectivity index (χ0) is 10.6. The fourth-order valence-electron chi connectivity index (χ4n) is 1.11. The number of rotatable bonds is 3. The molecule has 0 saturated carbocycles. The number of ketones is 1. The van der Waals surface area contributed by atoms with Gasteiger partial charge in [-0.15, -0.1) is 0 Å². The molecule has 70 valence electrons. The molecule has 0 unspecified atom stereocenters. The first-order valence-corrected chi connectivity index (χ1v) is 4.31. The van der Waals surface area contributed by atoms with Crippen LogP contribution in [0.4, 0.5) is 0 Å². The lowest BCUT2D eigenvalue weighted by molar-refractivity contribution is 0.0997. The summed E-state index contributed by atoms with van der Waals surface area (Å²) in [6.07, 6.45) is -0.0631. The van der Waals surface area contributed by atoms with E-state index in [1.165, 1.54) is 0 Å². The molecule has 14 heavy (non-hydrogen) atoms. The fourth-order valence-corrected chi connectivity index (χ4v) is 1.11. The highest BCUT2D eigenvalue weighted by Gasteiger charge is 2.04. The highest BCUT2D eigenvalue weighted by atomic mass is 16.1. The minimum absolute atomic E-state index is 0.0631. The summed E-state index contributed by atoms with van der Waals surface area (Å²) in [5.74, 6) is -0.138. The molecular weight excluding hydrogens is 174 g/mol. The number of hydrogen-bond acceptors (Lipinski definition) is 2. The van der Waals surface area contributed by atoms with Crippen molar-refractivity contribution in [3.63, 3.8) is 0 Å². The maximum Gasteiger partial charge on any atom is 0.176 e. The van der Waals surface area contributed by atoms with E-state index in [9.17, 15) is 4.79 Å². The molecule has 0 amide bonds. The van der Waals surface area contributed by atoms with Crippen LogP contribution in [-0.2, 0) is 0 Å². The van der Waals surface area contributed by atoms with Gasteiger partial charge in [0.15, 0.2) is 5.78 Å². The van der Waals surface area contributed by atoms with E-state index in [1.807, 2.05) is 25.1 Å². The Morgan fingerprint density at radius 3 is 2.29 bits per heavy atom.